The highest BCUT2D eigenvalue weighted by atomic mass is 28.4. The van der Waals surface area contributed by atoms with Gasteiger partial charge in [-0.3, -0.25) is 9.59 Å². The van der Waals surface area contributed by atoms with Crippen molar-refractivity contribution in [2.45, 2.75) is 96.7 Å². The van der Waals surface area contributed by atoms with Crippen LogP contribution in [0.2, 0.25) is 36.3 Å². The highest BCUT2D eigenvalue weighted by molar-refractivity contribution is 6.80. The number of carbonyl (C=O) groups excluding carboxylic acids is 2. The molecule has 0 N–H and O–H groups in total. The first-order chi connectivity index (χ1) is 10.0. The quantitative estimate of drug-likeness (QED) is 0.697. The molecule has 23 heavy (non-hydrogen) atoms. The van der Waals surface area contributed by atoms with E-state index in [1.165, 1.54) is 0 Å². The number of hydrogen-bond donors (Lipinski definition) is 0. The van der Waals surface area contributed by atoms with Crippen molar-refractivity contribution in [1.29, 1.82) is 0 Å². The van der Waals surface area contributed by atoms with Gasteiger partial charge in [0, 0.05) is 6.42 Å². The molecular formula is C17H35NO3Si2. The van der Waals surface area contributed by atoms with E-state index in [0.717, 1.165) is 0 Å². The molecule has 1 fully saturated rings. The van der Waals surface area contributed by atoms with Crippen molar-refractivity contribution in [3.8, 4) is 0 Å². The minimum Gasteiger partial charge on any atom is -0.518 e. The molecule has 1 heterocycles. The molecule has 6 heteroatoms. The molecule has 0 saturated carbocycles. The van der Waals surface area contributed by atoms with Crippen molar-refractivity contribution in [1.82, 2.24) is 4.57 Å². The second-order valence-corrected chi connectivity index (χ2v) is 19.6. The number of rotatable bonds is 3. The molecule has 0 aromatic carbocycles. The average Bonchev–Trinajstić information content (AvgIpc) is 2.67. The summed E-state index contributed by atoms with van der Waals surface area (Å²) < 4.78 is 7.92. The van der Waals surface area contributed by atoms with E-state index in [-0.39, 0.29) is 22.0 Å². The van der Waals surface area contributed by atoms with E-state index in [2.05, 4.69) is 67.7 Å². The normalized spacial score (nSPS) is 20.9. The molecule has 4 nitrogen and oxygen atoms in total. The third kappa shape index (κ3) is 3.90. The van der Waals surface area contributed by atoms with E-state index >= 15 is 0 Å². The molecule has 0 radical (unpaired) electrons. The Balaban J connectivity index is 3.08. The molecule has 0 bridgehead atoms. The van der Waals surface area contributed by atoms with Crippen molar-refractivity contribution < 1.29 is 14.0 Å². The monoisotopic (exact) mass is 357 g/mol. The van der Waals surface area contributed by atoms with Gasteiger partial charge < -0.3 is 8.99 Å². The molecule has 1 aliphatic rings. The van der Waals surface area contributed by atoms with Crippen LogP contribution in [0.3, 0.4) is 0 Å². The van der Waals surface area contributed by atoms with Crippen molar-refractivity contribution >= 4 is 28.4 Å². The SMILES string of the molecule is CC(C)(C)[Si](C)(C)OC(=O)[C@@H]1CCC(=O)N1[Si](C)(C)C(C)(C)C. The van der Waals surface area contributed by atoms with Gasteiger partial charge in [0.2, 0.25) is 5.91 Å². The van der Waals surface area contributed by atoms with E-state index in [9.17, 15) is 9.59 Å². The summed E-state index contributed by atoms with van der Waals surface area (Å²) in [4.78, 5) is 25.4. The highest BCUT2D eigenvalue weighted by Crippen LogP contribution is 2.43. The minimum atomic E-state index is -2.16. The lowest BCUT2D eigenvalue weighted by Gasteiger charge is -2.46. The Morgan fingerprint density at radius 3 is 1.91 bits per heavy atom. The van der Waals surface area contributed by atoms with E-state index in [0.29, 0.717) is 12.8 Å². The summed E-state index contributed by atoms with van der Waals surface area (Å²) in [5.41, 5.74) is 0. The molecule has 1 atom stereocenters. The summed E-state index contributed by atoms with van der Waals surface area (Å²) in [6, 6.07) is -0.391. The fourth-order valence-electron chi connectivity index (χ4n) is 2.44. The smallest absolute Gasteiger partial charge is 0.314 e. The maximum absolute atomic E-state index is 12.9. The topological polar surface area (TPSA) is 46.6 Å². The summed E-state index contributed by atoms with van der Waals surface area (Å²) in [7, 11) is -4.25. The van der Waals surface area contributed by atoms with Gasteiger partial charge in [-0.2, -0.15) is 0 Å². The van der Waals surface area contributed by atoms with Crippen LogP contribution in [-0.2, 0) is 14.0 Å². The van der Waals surface area contributed by atoms with Crippen LogP contribution in [0, 0.1) is 0 Å². The lowest BCUT2D eigenvalue weighted by molar-refractivity contribution is -0.142. The molecule has 0 unspecified atom stereocenters. The molecule has 0 aromatic heterocycles. The molecule has 1 amide bonds. The Morgan fingerprint density at radius 1 is 1.04 bits per heavy atom. The first kappa shape index (κ1) is 20.4. The molecule has 1 rings (SSSR count). The van der Waals surface area contributed by atoms with Crippen molar-refractivity contribution in [3.05, 3.63) is 0 Å². The number of carbonyl (C=O) groups is 2. The third-order valence-electron chi connectivity index (χ3n) is 6.08. The van der Waals surface area contributed by atoms with Crippen LogP contribution in [-0.4, -0.2) is 39.0 Å². The minimum absolute atomic E-state index is 0.0164. The second-order valence-electron chi connectivity index (χ2n) is 9.81. The van der Waals surface area contributed by atoms with E-state index in [1.807, 2.05) is 4.57 Å². The molecular weight excluding hydrogens is 322 g/mol. The van der Waals surface area contributed by atoms with Crippen LogP contribution in [0.15, 0.2) is 0 Å². The number of hydrogen-bond acceptors (Lipinski definition) is 3. The summed E-state index contributed by atoms with van der Waals surface area (Å²) in [5, 5.41) is -0.00438. The van der Waals surface area contributed by atoms with Crippen LogP contribution >= 0.6 is 0 Å². The van der Waals surface area contributed by atoms with Gasteiger partial charge in [0.15, 0.2) is 8.24 Å². The maximum atomic E-state index is 12.9. The number of amides is 1. The summed E-state index contributed by atoms with van der Waals surface area (Å²) in [5.74, 6) is -0.0685. The van der Waals surface area contributed by atoms with Gasteiger partial charge in [0.05, 0.1) is 0 Å². The Morgan fingerprint density at radius 2 is 1.52 bits per heavy atom. The van der Waals surface area contributed by atoms with Crippen LogP contribution in [0.4, 0.5) is 0 Å². The van der Waals surface area contributed by atoms with E-state index < -0.39 is 22.6 Å². The highest BCUT2D eigenvalue weighted by Gasteiger charge is 2.52. The van der Waals surface area contributed by atoms with Crippen LogP contribution in [0.5, 0.6) is 0 Å². The molecule has 0 spiro atoms. The summed E-state index contributed by atoms with van der Waals surface area (Å²) in [6.07, 6.45) is 1.06. The van der Waals surface area contributed by atoms with Crippen molar-refractivity contribution in [3.63, 3.8) is 0 Å². The predicted molar refractivity (Wildman–Crippen MR) is 100 cm³/mol. The standard InChI is InChI=1S/C17H35NO3Si2/c1-16(2,3)22(7,8)18-13(11-12-14(18)19)15(20)21-23(9,10)17(4,5)6/h13H,11-12H2,1-10H3/t13-/m0/s1. The van der Waals surface area contributed by atoms with Crippen LogP contribution in [0.25, 0.3) is 0 Å². The lowest BCUT2D eigenvalue weighted by Crippen LogP contribution is -2.61. The fourth-order valence-corrected chi connectivity index (χ4v) is 5.86. The number of nitrogens with zero attached hydrogens (tertiary/aromatic N) is 1. The molecule has 1 saturated heterocycles. The molecule has 0 aliphatic carbocycles. The Kier molecular flexibility index (Phi) is 5.35. The first-order valence-electron chi connectivity index (χ1n) is 8.57. The first-order valence-corrected chi connectivity index (χ1v) is 14.4. The Hall–Kier alpha value is -0.626. The maximum Gasteiger partial charge on any atom is 0.314 e. The zero-order chi connectivity index (χ0) is 18.4. The van der Waals surface area contributed by atoms with Crippen molar-refractivity contribution in [2.24, 2.45) is 0 Å². The van der Waals surface area contributed by atoms with Gasteiger partial charge in [0.25, 0.3) is 8.32 Å². The van der Waals surface area contributed by atoms with Crippen LogP contribution < -0.4 is 0 Å². The lowest BCUT2D eigenvalue weighted by atomic mass is 10.2. The Bertz CT molecular complexity index is 487. The zero-order valence-electron chi connectivity index (χ0n) is 16.7. The van der Waals surface area contributed by atoms with E-state index in [1.54, 1.807) is 0 Å². The predicted octanol–water partition coefficient (Wildman–Crippen LogP) is 4.53. The van der Waals surface area contributed by atoms with Gasteiger partial charge in [-0.1, -0.05) is 54.6 Å². The van der Waals surface area contributed by atoms with Gasteiger partial charge in [-0.05, 0) is 29.6 Å². The van der Waals surface area contributed by atoms with Gasteiger partial charge >= 0.3 is 5.97 Å². The molecule has 0 aromatic rings. The molecule has 1 aliphatic heterocycles. The summed E-state index contributed by atoms with van der Waals surface area (Å²) in [6.45, 7) is 21.4. The van der Waals surface area contributed by atoms with Gasteiger partial charge in [0.1, 0.15) is 6.04 Å². The summed E-state index contributed by atoms with van der Waals surface area (Å²) >= 11 is 0. The second kappa shape index (κ2) is 6.02. The van der Waals surface area contributed by atoms with Gasteiger partial charge in [-0.25, -0.2) is 0 Å². The largest absolute Gasteiger partial charge is 0.518 e. The van der Waals surface area contributed by atoms with Gasteiger partial charge in [-0.15, -0.1) is 0 Å². The third-order valence-corrected chi connectivity index (χ3v) is 15.8. The zero-order valence-corrected chi connectivity index (χ0v) is 18.7. The Labute approximate surface area is 144 Å². The average molecular weight is 358 g/mol. The van der Waals surface area contributed by atoms with E-state index in [4.69, 9.17) is 4.43 Å². The van der Waals surface area contributed by atoms with Crippen LogP contribution in [0.1, 0.15) is 54.4 Å². The van der Waals surface area contributed by atoms with Crippen molar-refractivity contribution in [2.75, 3.05) is 0 Å². The fraction of sp³-hybridized carbons (Fsp3) is 0.882. The molecule has 134 valence electrons.